The molecule has 0 aliphatic carbocycles. The third kappa shape index (κ3) is 2.97. The van der Waals surface area contributed by atoms with Crippen LogP contribution in [0.4, 0.5) is 10.1 Å². The summed E-state index contributed by atoms with van der Waals surface area (Å²) in [5.74, 6) is -0.367. The van der Waals surface area contributed by atoms with E-state index in [0.29, 0.717) is 28.3 Å². The van der Waals surface area contributed by atoms with Gasteiger partial charge in [-0.1, -0.05) is 28.1 Å². The number of anilines is 1. The molecule has 4 rings (SSSR count). The first-order chi connectivity index (χ1) is 12.6. The minimum Gasteiger partial charge on any atom is -0.322 e. The van der Waals surface area contributed by atoms with Gasteiger partial charge in [0.1, 0.15) is 5.82 Å². The summed E-state index contributed by atoms with van der Waals surface area (Å²) >= 11 is 3.35. The van der Waals surface area contributed by atoms with Gasteiger partial charge >= 0.3 is 0 Å². The van der Waals surface area contributed by atoms with E-state index in [1.165, 1.54) is 6.07 Å². The smallest absolute Gasteiger partial charge is 0.259 e. The molecule has 0 bridgehead atoms. The van der Waals surface area contributed by atoms with Gasteiger partial charge in [-0.25, -0.2) is 4.39 Å². The summed E-state index contributed by atoms with van der Waals surface area (Å²) in [4.78, 5) is 12.6. The van der Waals surface area contributed by atoms with E-state index in [-0.39, 0.29) is 5.91 Å². The van der Waals surface area contributed by atoms with Crippen LogP contribution in [0.1, 0.15) is 10.4 Å². The third-order valence-corrected chi connectivity index (χ3v) is 4.42. The Morgan fingerprint density at radius 2 is 1.77 bits per heavy atom. The summed E-state index contributed by atoms with van der Waals surface area (Å²) in [5, 5.41) is 11.0. The Kier molecular flexibility index (Phi) is 4.22. The molecule has 0 aliphatic rings. The van der Waals surface area contributed by atoms with Crippen molar-refractivity contribution in [2.75, 3.05) is 5.32 Å². The fraction of sp³-hybridized carbons (Fsp3) is 0. The highest BCUT2D eigenvalue weighted by molar-refractivity contribution is 9.10. The standard InChI is InChI=1S/C19H12BrFN4O/c20-12-7-9-13(10-8-12)22-19(26)15-5-3-11-25-17(23-24-18(15)25)14-4-1-2-6-16(14)21/h1-11H,(H,22,26). The molecule has 0 atom stereocenters. The second-order valence-corrected chi connectivity index (χ2v) is 6.50. The molecule has 2 heterocycles. The predicted molar refractivity (Wildman–Crippen MR) is 100 cm³/mol. The maximum absolute atomic E-state index is 14.1. The lowest BCUT2D eigenvalue weighted by Gasteiger charge is -2.07. The lowest BCUT2D eigenvalue weighted by Crippen LogP contribution is -2.13. The van der Waals surface area contributed by atoms with E-state index in [9.17, 15) is 9.18 Å². The number of benzene rings is 2. The van der Waals surface area contributed by atoms with Crippen LogP contribution in [0.2, 0.25) is 0 Å². The van der Waals surface area contributed by atoms with Gasteiger partial charge in [0.2, 0.25) is 0 Å². The lowest BCUT2D eigenvalue weighted by molar-refractivity contribution is 0.102. The second kappa shape index (κ2) is 6.68. The maximum atomic E-state index is 14.1. The molecule has 0 aliphatic heterocycles. The van der Waals surface area contributed by atoms with E-state index in [2.05, 4.69) is 31.4 Å². The summed E-state index contributed by atoms with van der Waals surface area (Å²) in [5.41, 5.74) is 1.70. The van der Waals surface area contributed by atoms with E-state index in [1.807, 2.05) is 12.1 Å². The van der Waals surface area contributed by atoms with Crippen molar-refractivity contribution in [2.24, 2.45) is 0 Å². The number of carbonyl (C=O) groups is 1. The SMILES string of the molecule is O=C(Nc1ccc(Br)cc1)c1cccn2c(-c3ccccc3F)nnc12. The van der Waals surface area contributed by atoms with Crippen LogP contribution in [0, 0.1) is 5.82 Å². The van der Waals surface area contributed by atoms with Gasteiger partial charge in [-0.2, -0.15) is 0 Å². The van der Waals surface area contributed by atoms with Gasteiger partial charge in [-0.15, -0.1) is 10.2 Å². The number of halogens is 2. The predicted octanol–water partition coefficient (Wildman–Crippen LogP) is 4.55. The van der Waals surface area contributed by atoms with Crippen LogP contribution in [0.3, 0.4) is 0 Å². The number of aromatic nitrogens is 3. The molecule has 0 fully saturated rings. The number of hydrogen-bond acceptors (Lipinski definition) is 3. The maximum Gasteiger partial charge on any atom is 0.259 e. The van der Waals surface area contributed by atoms with Crippen molar-refractivity contribution in [1.82, 2.24) is 14.6 Å². The molecule has 0 unspecified atom stereocenters. The van der Waals surface area contributed by atoms with Crippen LogP contribution in [-0.2, 0) is 0 Å². The van der Waals surface area contributed by atoms with E-state index in [0.717, 1.165) is 4.47 Å². The van der Waals surface area contributed by atoms with Gasteiger partial charge in [0.25, 0.3) is 5.91 Å². The average Bonchev–Trinajstić information content (AvgIpc) is 3.08. The highest BCUT2D eigenvalue weighted by Crippen LogP contribution is 2.23. The first-order valence-electron chi connectivity index (χ1n) is 7.79. The Hall–Kier alpha value is -3.06. The van der Waals surface area contributed by atoms with Crippen molar-refractivity contribution < 1.29 is 9.18 Å². The van der Waals surface area contributed by atoms with Crippen LogP contribution in [0.25, 0.3) is 17.0 Å². The van der Waals surface area contributed by atoms with Gasteiger partial charge in [-0.05, 0) is 48.5 Å². The fourth-order valence-electron chi connectivity index (χ4n) is 2.65. The molecule has 2 aromatic carbocycles. The third-order valence-electron chi connectivity index (χ3n) is 3.90. The minimum atomic E-state index is -0.397. The monoisotopic (exact) mass is 410 g/mol. The average molecular weight is 411 g/mol. The largest absolute Gasteiger partial charge is 0.322 e. The van der Waals surface area contributed by atoms with Gasteiger partial charge in [0, 0.05) is 16.4 Å². The summed E-state index contributed by atoms with van der Waals surface area (Å²) < 4.78 is 16.6. The highest BCUT2D eigenvalue weighted by atomic mass is 79.9. The molecule has 0 radical (unpaired) electrons. The van der Waals surface area contributed by atoms with Crippen LogP contribution < -0.4 is 5.32 Å². The van der Waals surface area contributed by atoms with E-state index < -0.39 is 5.82 Å². The van der Waals surface area contributed by atoms with Crippen molar-refractivity contribution in [1.29, 1.82) is 0 Å². The molecule has 7 heteroatoms. The van der Waals surface area contributed by atoms with Crippen molar-refractivity contribution in [3.8, 4) is 11.4 Å². The summed E-state index contributed by atoms with van der Waals surface area (Å²) in [7, 11) is 0. The molecule has 2 aromatic heterocycles. The van der Waals surface area contributed by atoms with Crippen molar-refractivity contribution in [3.05, 3.63) is 82.7 Å². The van der Waals surface area contributed by atoms with E-state index >= 15 is 0 Å². The Labute approximate surface area is 156 Å². The number of nitrogens with zero attached hydrogens (tertiary/aromatic N) is 3. The van der Waals surface area contributed by atoms with Gasteiger partial charge in [0.05, 0.1) is 11.1 Å². The van der Waals surface area contributed by atoms with Crippen LogP contribution >= 0.6 is 15.9 Å². The topological polar surface area (TPSA) is 59.3 Å². The normalized spacial score (nSPS) is 10.8. The second-order valence-electron chi connectivity index (χ2n) is 5.58. The number of nitrogens with one attached hydrogen (secondary N) is 1. The molecular weight excluding hydrogens is 399 g/mol. The first kappa shape index (κ1) is 16.4. The molecule has 1 amide bonds. The van der Waals surface area contributed by atoms with Crippen molar-refractivity contribution in [3.63, 3.8) is 0 Å². The number of amides is 1. The minimum absolute atomic E-state index is 0.314. The molecule has 26 heavy (non-hydrogen) atoms. The summed E-state index contributed by atoms with van der Waals surface area (Å²) in [6.45, 7) is 0. The molecule has 0 saturated carbocycles. The number of pyridine rings is 1. The molecule has 0 saturated heterocycles. The zero-order chi connectivity index (χ0) is 18.1. The Morgan fingerprint density at radius 3 is 2.54 bits per heavy atom. The van der Waals surface area contributed by atoms with E-state index in [4.69, 9.17) is 0 Å². The highest BCUT2D eigenvalue weighted by Gasteiger charge is 2.17. The summed E-state index contributed by atoms with van der Waals surface area (Å²) in [6, 6.07) is 16.9. The van der Waals surface area contributed by atoms with Crippen LogP contribution in [0.15, 0.2) is 71.3 Å². The first-order valence-corrected chi connectivity index (χ1v) is 8.58. The number of hydrogen-bond donors (Lipinski definition) is 1. The number of fused-ring (bicyclic) bond motifs is 1. The van der Waals surface area contributed by atoms with Crippen LogP contribution in [0.5, 0.6) is 0 Å². The molecule has 128 valence electrons. The van der Waals surface area contributed by atoms with Gasteiger partial charge < -0.3 is 5.32 Å². The Bertz CT molecular complexity index is 1110. The fourth-order valence-corrected chi connectivity index (χ4v) is 2.92. The zero-order valence-corrected chi connectivity index (χ0v) is 14.9. The van der Waals surface area contributed by atoms with Crippen molar-refractivity contribution >= 4 is 33.2 Å². The van der Waals surface area contributed by atoms with E-state index in [1.54, 1.807) is 53.1 Å². The molecule has 5 nitrogen and oxygen atoms in total. The van der Waals surface area contributed by atoms with Crippen molar-refractivity contribution in [2.45, 2.75) is 0 Å². The molecule has 1 N–H and O–H groups in total. The quantitative estimate of drug-likeness (QED) is 0.538. The van der Waals surface area contributed by atoms with Gasteiger partial charge in [0.15, 0.2) is 11.5 Å². The van der Waals surface area contributed by atoms with Crippen LogP contribution in [-0.4, -0.2) is 20.5 Å². The van der Waals surface area contributed by atoms with Gasteiger partial charge in [-0.3, -0.25) is 9.20 Å². The Morgan fingerprint density at radius 1 is 1.00 bits per heavy atom. The Balaban J connectivity index is 1.74. The summed E-state index contributed by atoms with van der Waals surface area (Å²) in [6.07, 6.45) is 1.70. The molecular formula is C19H12BrFN4O. The number of carbonyl (C=O) groups excluding carboxylic acids is 1. The lowest BCUT2D eigenvalue weighted by atomic mass is 10.2. The number of rotatable bonds is 3. The molecule has 4 aromatic rings. The zero-order valence-electron chi connectivity index (χ0n) is 13.4. The molecule has 0 spiro atoms.